The first kappa shape index (κ1) is 18.3. The highest BCUT2D eigenvalue weighted by atomic mass is 16.5. The summed E-state index contributed by atoms with van der Waals surface area (Å²) in [6.45, 7) is 2.73. The number of carbonyl (C=O) groups excluding carboxylic acids is 1. The molecule has 2 N–H and O–H groups in total. The van der Waals surface area contributed by atoms with Crippen LogP contribution in [0.4, 0.5) is 11.4 Å². The highest BCUT2D eigenvalue weighted by Crippen LogP contribution is 2.35. The molecule has 0 bridgehead atoms. The molecule has 1 unspecified atom stereocenters. The van der Waals surface area contributed by atoms with E-state index < -0.39 is 0 Å². The van der Waals surface area contributed by atoms with Gasteiger partial charge < -0.3 is 20.3 Å². The molecule has 5 rings (SSSR count). The number of fused-ring (bicyclic) bond motifs is 1. The van der Waals surface area contributed by atoms with Crippen molar-refractivity contribution < 1.29 is 9.53 Å². The van der Waals surface area contributed by atoms with Crippen molar-refractivity contribution in [2.24, 2.45) is 5.92 Å². The molecule has 2 aliphatic heterocycles. The lowest BCUT2D eigenvalue weighted by molar-refractivity contribution is -0.00866. The van der Waals surface area contributed by atoms with Crippen LogP contribution in [-0.2, 0) is 11.3 Å². The lowest BCUT2D eigenvalue weighted by Gasteiger charge is -2.25. The van der Waals surface area contributed by atoms with Crippen molar-refractivity contribution in [3.63, 3.8) is 0 Å². The zero-order chi connectivity index (χ0) is 19.6. The van der Waals surface area contributed by atoms with E-state index in [-0.39, 0.29) is 5.91 Å². The summed E-state index contributed by atoms with van der Waals surface area (Å²) in [5.74, 6) is 0.546. The Hall–Kier alpha value is -2.79. The fourth-order valence-electron chi connectivity index (χ4n) is 4.20. The lowest BCUT2D eigenvalue weighted by Crippen LogP contribution is -2.21. The van der Waals surface area contributed by atoms with Crippen molar-refractivity contribution in [1.29, 1.82) is 0 Å². The monoisotopic (exact) mass is 389 g/mol. The molecule has 2 fully saturated rings. The van der Waals surface area contributed by atoms with Crippen molar-refractivity contribution in [3.05, 3.63) is 71.6 Å². The van der Waals surface area contributed by atoms with E-state index in [9.17, 15) is 4.79 Å². The summed E-state index contributed by atoms with van der Waals surface area (Å²) in [6.07, 6.45) is 7.37. The first-order chi connectivity index (χ1) is 14.3. The van der Waals surface area contributed by atoms with Gasteiger partial charge in [0.25, 0.3) is 5.91 Å². The molecule has 0 aromatic heterocycles. The SMILES string of the molecule is O=C(Nc1ccc(N2CCC3CNC=C32)cc1)c1ccc(COC2CCC2)cc1. The van der Waals surface area contributed by atoms with Gasteiger partial charge in [-0.25, -0.2) is 0 Å². The molecule has 1 saturated carbocycles. The second kappa shape index (κ2) is 7.91. The number of nitrogens with zero attached hydrogens (tertiary/aromatic N) is 1. The van der Waals surface area contributed by atoms with Crippen LogP contribution in [0.3, 0.4) is 0 Å². The fraction of sp³-hybridized carbons (Fsp3) is 0.375. The second-order valence-electron chi connectivity index (χ2n) is 8.18. The van der Waals surface area contributed by atoms with Gasteiger partial charge in [0, 0.05) is 47.8 Å². The van der Waals surface area contributed by atoms with Crippen LogP contribution in [0.1, 0.15) is 41.6 Å². The number of carbonyl (C=O) groups is 1. The van der Waals surface area contributed by atoms with Crippen LogP contribution in [0.15, 0.2) is 60.4 Å². The quantitative estimate of drug-likeness (QED) is 0.774. The molecule has 3 aliphatic rings. The predicted octanol–water partition coefficient (Wildman–Crippen LogP) is 4.28. The molecule has 2 aromatic carbocycles. The van der Waals surface area contributed by atoms with E-state index in [2.05, 4.69) is 33.9 Å². The van der Waals surface area contributed by atoms with Gasteiger partial charge in [-0.1, -0.05) is 12.1 Å². The van der Waals surface area contributed by atoms with Gasteiger partial charge >= 0.3 is 0 Å². The molecule has 2 heterocycles. The van der Waals surface area contributed by atoms with Gasteiger partial charge in [-0.2, -0.15) is 0 Å². The number of anilines is 2. The van der Waals surface area contributed by atoms with Crippen LogP contribution < -0.4 is 15.5 Å². The van der Waals surface area contributed by atoms with Crippen LogP contribution in [-0.4, -0.2) is 25.1 Å². The summed E-state index contributed by atoms with van der Waals surface area (Å²) in [5.41, 5.74) is 5.13. The molecule has 0 spiro atoms. The first-order valence-electron chi connectivity index (χ1n) is 10.6. The Morgan fingerprint density at radius 1 is 1.07 bits per heavy atom. The van der Waals surface area contributed by atoms with Gasteiger partial charge in [0.05, 0.1) is 12.7 Å². The highest BCUT2D eigenvalue weighted by molar-refractivity contribution is 6.04. The molecule has 150 valence electrons. The zero-order valence-electron chi connectivity index (χ0n) is 16.6. The van der Waals surface area contributed by atoms with Gasteiger partial charge in [0.1, 0.15) is 0 Å². The molecule has 5 nitrogen and oxygen atoms in total. The Morgan fingerprint density at radius 3 is 2.59 bits per heavy atom. The van der Waals surface area contributed by atoms with E-state index in [0.717, 1.165) is 24.3 Å². The number of amides is 1. The minimum atomic E-state index is -0.0897. The maximum Gasteiger partial charge on any atom is 0.255 e. The Bertz CT molecular complexity index is 901. The van der Waals surface area contributed by atoms with Gasteiger partial charge in [0.2, 0.25) is 0 Å². The average Bonchev–Trinajstić information content (AvgIpc) is 3.32. The van der Waals surface area contributed by atoms with Crippen molar-refractivity contribution in [2.45, 2.75) is 38.4 Å². The highest BCUT2D eigenvalue weighted by Gasteiger charge is 2.31. The van der Waals surface area contributed by atoms with E-state index in [1.54, 1.807) is 0 Å². The molecule has 0 radical (unpaired) electrons. The van der Waals surface area contributed by atoms with Crippen LogP contribution in [0.25, 0.3) is 0 Å². The van der Waals surface area contributed by atoms with Gasteiger partial charge in [-0.3, -0.25) is 4.79 Å². The molecule has 1 saturated heterocycles. The number of nitrogens with one attached hydrogen (secondary N) is 2. The predicted molar refractivity (Wildman–Crippen MR) is 115 cm³/mol. The summed E-state index contributed by atoms with van der Waals surface area (Å²) in [4.78, 5) is 14.9. The molecular formula is C24H27N3O2. The number of rotatable bonds is 6. The van der Waals surface area contributed by atoms with Crippen molar-refractivity contribution in [1.82, 2.24) is 5.32 Å². The third-order valence-corrected chi connectivity index (χ3v) is 6.24. The van der Waals surface area contributed by atoms with Crippen LogP contribution in [0.5, 0.6) is 0 Å². The summed E-state index contributed by atoms with van der Waals surface area (Å²) >= 11 is 0. The molecular weight excluding hydrogens is 362 g/mol. The Kier molecular flexibility index (Phi) is 4.98. The van der Waals surface area contributed by atoms with Crippen molar-refractivity contribution in [2.75, 3.05) is 23.3 Å². The summed E-state index contributed by atoms with van der Waals surface area (Å²) < 4.78 is 5.83. The summed E-state index contributed by atoms with van der Waals surface area (Å²) in [7, 11) is 0. The van der Waals surface area contributed by atoms with Crippen LogP contribution in [0, 0.1) is 5.92 Å². The minimum absolute atomic E-state index is 0.0897. The Balaban J connectivity index is 1.18. The van der Waals surface area contributed by atoms with E-state index in [4.69, 9.17) is 4.74 Å². The second-order valence-corrected chi connectivity index (χ2v) is 8.18. The third kappa shape index (κ3) is 3.87. The topological polar surface area (TPSA) is 53.6 Å². The standard InChI is InChI=1S/C24H27N3O2/c28-24(18-6-4-17(5-7-18)16-29-22-2-1-3-22)26-20-8-10-21(11-9-20)27-13-12-19-14-25-15-23(19)27/h4-11,15,19,22,25H,1-3,12-14,16H2,(H,26,28). The molecule has 29 heavy (non-hydrogen) atoms. The maximum absolute atomic E-state index is 12.6. The maximum atomic E-state index is 12.6. The Labute approximate surface area is 171 Å². The third-order valence-electron chi connectivity index (χ3n) is 6.24. The fourth-order valence-corrected chi connectivity index (χ4v) is 4.20. The first-order valence-corrected chi connectivity index (χ1v) is 10.6. The number of hydrogen-bond donors (Lipinski definition) is 2. The normalized spacial score (nSPS) is 20.6. The molecule has 1 amide bonds. The minimum Gasteiger partial charge on any atom is -0.389 e. The number of hydrogen-bond acceptors (Lipinski definition) is 4. The van der Waals surface area contributed by atoms with Gasteiger partial charge in [-0.05, 0) is 67.6 Å². The smallest absolute Gasteiger partial charge is 0.255 e. The molecule has 5 heteroatoms. The summed E-state index contributed by atoms with van der Waals surface area (Å²) in [6, 6.07) is 15.8. The van der Waals surface area contributed by atoms with Gasteiger partial charge in [-0.15, -0.1) is 0 Å². The molecule has 1 aliphatic carbocycles. The average molecular weight is 389 g/mol. The molecule has 2 aromatic rings. The zero-order valence-corrected chi connectivity index (χ0v) is 16.6. The molecule has 1 atom stereocenters. The largest absolute Gasteiger partial charge is 0.389 e. The van der Waals surface area contributed by atoms with Crippen molar-refractivity contribution in [3.8, 4) is 0 Å². The Morgan fingerprint density at radius 2 is 1.86 bits per heavy atom. The van der Waals surface area contributed by atoms with Crippen LogP contribution in [0.2, 0.25) is 0 Å². The number of ether oxygens (including phenoxy) is 1. The lowest BCUT2D eigenvalue weighted by atomic mass is 9.96. The van der Waals surface area contributed by atoms with Gasteiger partial charge in [0.15, 0.2) is 0 Å². The van der Waals surface area contributed by atoms with Crippen molar-refractivity contribution >= 4 is 17.3 Å². The van der Waals surface area contributed by atoms with E-state index in [1.165, 1.54) is 37.1 Å². The summed E-state index contributed by atoms with van der Waals surface area (Å²) in [5, 5.41) is 6.33. The van der Waals surface area contributed by atoms with E-state index in [1.807, 2.05) is 36.4 Å². The van der Waals surface area contributed by atoms with E-state index in [0.29, 0.717) is 24.2 Å². The number of benzene rings is 2. The van der Waals surface area contributed by atoms with Crippen LogP contribution >= 0.6 is 0 Å². The van der Waals surface area contributed by atoms with E-state index >= 15 is 0 Å².